The molecule has 0 radical (unpaired) electrons. The van der Waals surface area contributed by atoms with Gasteiger partial charge in [-0.3, -0.25) is 0 Å². The van der Waals surface area contributed by atoms with E-state index in [9.17, 15) is 5.11 Å². The zero-order valence-electron chi connectivity index (χ0n) is 7.83. The van der Waals surface area contributed by atoms with Crippen molar-refractivity contribution < 1.29 is 10.2 Å². The van der Waals surface area contributed by atoms with Crippen molar-refractivity contribution in [2.24, 2.45) is 11.3 Å². The molecule has 2 unspecified atom stereocenters. The Morgan fingerprint density at radius 3 is 2.75 bits per heavy atom. The van der Waals surface area contributed by atoms with Gasteiger partial charge in [-0.15, -0.1) is 0 Å². The lowest BCUT2D eigenvalue weighted by molar-refractivity contribution is 0.0219. The topological polar surface area (TPSA) is 40.5 Å². The van der Waals surface area contributed by atoms with E-state index in [1.165, 1.54) is 0 Å². The van der Waals surface area contributed by atoms with Crippen molar-refractivity contribution in [2.75, 3.05) is 6.61 Å². The predicted molar refractivity (Wildman–Crippen MR) is 48.7 cm³/mol. The van der Waals surface area contributed by atoms with Crippen LogP contribution in [0.25, 0.3) is 0 Å². The van der Waals surface area contributed by atoms with Crippen molar-refractivity contribution >= 4 is 0 Å². The molecule has 0 aliphatic heterocycles. The first-order chi connectivity index (χ1) is 5.59. The zero-order valence-corrected chi connectivity index (χ0v) is 7.83. The van der Waals surface area contributed by atoms with Gasteiger partial charge in [0.25, 0.3) is 0 Å². The van der Waals surface area contributed by atoms with Crippen LogP contribution in [-0.4, -0.2) is 22.9 Å². The van der Waals surface area contributed by atoms with Gasteiger partial charge in [0.15, 0.2) is 0 Å². The molecule has 2 atom stereocenters. The highest BCUT2D eigenvalue weighted by Gasteiger charge is 2.36. The molecule has 0 aromatic rings. The standard InChI is InChI=1S/C10H18O2/c1-10(2)8(6-7-11)4-3-5-9(10)12/h3,5,8-9,11-12H,4,6-7H2,1-2H3. The number of aliphatic hydroxyl groups excluding tert-OH is 2. The largest absolute Gasteiger partial charge is 0.396 e. The normalized spacial score (nSPS) is 33.7. The highest BCUT2D eigenvalue weighted by molar-refractivity contribution is 5.05. The van der Waals surface area contributed by atoms with E-state index in [-0.39, 0.29) is 18.1 Å². The van der Waals surface area contributed by atoms with E-state index in [4.69, 9.17) is 5.11 Å². The fourth-order valence-electron chi connectivity index (χ4n) is 1.81. The minimum atomic E-state index is -0.359. The molecule has 2 nitrogen and oxygen atoms in total. The molecule has 0 spiro atoms. The molecule has 0 fully saturated rings. The molecular formula is C10H18O2. The van der Waals surface area contributed by atoms with E-state index >= 15 is 0 Å². The molecule has 1 rings (SSSR count). The Bertz CT molecular complexity index is 173. The summed E-state index contributed by atoms with van der Waals surface area (Å²) in [6.45, 7) is 4.33. The molecule has 2 N–H and O–H groups in total. The van der Waals surface area contributed by atoms with Crippen LogP contribution in [0.1, 0.15) is 26.7 Å². The van der Waals surface area contributed by atoms with Gasteiger partial charge in [-0.1, -0.05) is 26.0 Å². The van der Waals surface area contributed by atoms with Crippen LogP contribution in [-0.2, 0) is 0 Å². The van der Waals surface area contributed by atoms with Crippen LogP contribution in [0.5, 0.6) is 0 Å². The van der Waals surface area contributed by atoms with Crippen molar-refractivity contribution in [3.05, 3.63) is 12.2 Å². The first kappa shape index (κ1) is 9.75. The first-order valence-corrected chi connectivity index (χ1v) is 4.54. The maximum Gasteiger partial charge on any atom is 0.0774 e. The minimum Gasteiger partial charge on any atom is -0.396 e. The molecule has 12 heavy (non-hydrogen) atoms. The Morgan fingerprint density at radius 1 is 1.50 bits per heavy atom. The van der Waals surface area contributed by atoms with Crippen molar-refractivity contribution in [1.29, 1.82) is 0 Å². The third kappa shape index (κ3) is 1.70. The summed E-state index contributed by atoms with van der Waals surface area (Å²) in [5, 5.41) is 18.5. The summed E-state index contributed by atoms with van der Waals surface area (Å²) in [7, 11) is 0. The van der Waals surface area contributed by atoms with Crippen LogP contribution >= 0.6 is 0 Å². The van der Waals surface area contributed by atoms with E-state index < -0.39 is 0 Å². The van der Waals surface area contributed by atoms with Crippen LogP contribution in [0, 0.1) is 11.3 Å². The second-order valence-corrected chi connectivity index (χ2v) is 4.14. The molecule has 2 heteroatoms. The van der Waals surface area contributed by atoms with Crippen LogP contribution in [0.4, 0.5) is 0 Å². The third-order valence-electron chi connectivity index (χ3n) is 3.03. The van der Waals surface area contributed by atoms with Gasteiger partial charge in [0.2, 0.25) is 0 Å². The Kier molecular flexibility index (Phi) is 2.91. The fraction of sp³-hybridized carbons (Fsp3) is 0.800. The molecule has 0 saturated carbocycles. The van der Waals surface area contributed by atoms with Gasteiger partial charge in [-0.2, -0.15) is 0 Å². The lowest BCUT2D eigenvalue weighted by Crippen LogP contribution is -2.38. The number of allylic oxidation sites excluding steroid dienone is 1. The van der Waals surface area contributed by atoms with Gasteiger partial charge >= 0.3 is 0 Å². The van der Waals surface area contributed by atoms with Gasteiger partial charge in [0.1, 0.15) is 0 Å². The quantitative estimate of drug-likeness (QED) is 0.614. The Hall–Kier alpha value is -0.340. The molecule has 1 aliphatic rings. The van der Waals surface area contributed by atoms with E-state index in [0.29, 0.717) is 5.92 Å². The average Bonchev–Trinajstić information content (AvgIpc) is 2.00. The van der Waals surface area contributed by atoms with Crippen molar-refractivity contribution in [2.45, 2.75) is 32.8 Å². The Balaban J connectivity index is 2.69. The molecule has 0 saturated heterocycles. The van der Waals surface area contributed by atoms with E-state index in [2.05, 4.69) is 13.8 Å². The predicted octanol–water partition coefficient (Wildman–Crippen LogP) is 1.33. The summed E-state index contributed by atoms with van der Waals surface area (Å²) in [6, 6.07) is 0. The monoisotopic (exact) mass is 170 g/mol. The summed E-state index contributed by atoms with van der Waals surface area (Å²) >= 11 is 0. The molecule has 70 valence electrons. The summed E-state index contributed by atoms with van der Waals surface area (Å²) in [5.74, 6) is 0.405. The molecule has 0 bridgehead atoms. The maximum atomic E-state index is 9.67. The van der Waals surface area contributed by atoms with Crippen molar-refractivity contribution in [1.82, 2.24) is 0 Å². The van der Waals surface area contributed by atoms with E-state index in [1.807, 2.05) is 12.2 Å². The van der Waals surface area contributed by atoms with Crippen molar-refractivity contribution in [3.63, 3.8) is 0 Å². The minimum absolute atomic E-state index is 0.0858. The van der Waals surface area contributed by atoms with Crippen molar-refractivity contribution in [3.8, 4) is 0 Å². The highest BCUT2D eigenvalue weighted by Crippen LogP contribution is 2.39. The summed E-state index contributed by atoms with van der Waals surface area (Å²) in [4.78, 5) is 0. The van der Waals surface area contributed by atoms with E-state index in [0.717, 1.165) is 12.8 Å². The van der Waals surface area contributed by atoms with Crippen LogP contribution in [0.2, 0.25) is 0 Å². The van der Waals surface area contributed by atoms with Crippen LogP contribution in [0.15, 0.2) is 12.2 Å². The smallest absolute Gasteiger partial charge is 0.0774 e. The summed E-state index contributed by atoms with van der Waals surface area (Å²) in [5.41, 5.74) is -0.0858. The van der Waals surface area contributed by atoms with E-state index in [1.54, 1.807) is 0 Å². The Morgan fingerprint density at radius 2 is 2.17 bits per heavy atom. The summed E-state index contributed by atoms with van der Waals surface area (Å²) in [6.07, 6.45) is 5.27. The SMILES string of the molecule is CC1(C)C(O)C=CCC1CCO. The van der Waals surface area contributed by atoms with Crippen LogP contribution in [0.3, 0.4) is 0 Å². The maximum absolute atomic E-state index is 9.67. The number of aliphatic hydroxyl groups is 2. The lowest BCUT2D eigenvalue weighted by Gasteiger charge is -2.39. The molecule has 0 aromatic heterocycles. The second kappa shape index (κ2) is 3.58. The number of rotatable bonds is 2. The highest BCUT2D eigenvalue weighted by atomic mass is 16.3. The molecule has 0 aromatic carbocycles. The van der Waals surface area contributed by atoms with Gasteiger partial charge < -0.3 is 10.2 Å². The van der Waals surface area contributed by atoms with Gasteiger partial charge in [0, 0.05) is 6.61 Å². The number of hydrogen-bond donors (Lipinski definition) is 2. The zero-order chi connectivity index (χ0) is 9.19. The summed E-state index contributed by atoms with van der Waals surface area (Å²) < 4.78 is 0. The average molecular weight is 170 g/mol. The fourth-order valence-corrected chi connectivity index (χ4v) is 1.81. The molecular weight excluding hydrogens is 152 g/mol. The van der Waals surface area contributed by atoms with Gasteiger partial charge in [0.05, 0.1) is 6.10 Å². The van der Waals surface area contributed by atoms with Crippen LogP contribution < -0.4 is 0 Å². The second-order valence-electron chi connectivity index (χ2n) is 4.14. The third-order valence-corrected chi connectivity index (χ3v) is 3.03. The molecule has 1 aliphatic carbocycles. The van der Waals surface area contributed by atoms with Gasteiger partial charge in [-0.05, 0) is 24.2 Å². The Labute approximate surface area is 73.9 Å². The first-order valence-electron chi connectivity index (χ1n) is 4.54. The molecule has 0 amide bonds. The van der Waals surface area contributed by atoms with Gasteiger partial charge in [-0.25, -0.2) is 0 Å². The number of hydrogen-bond acceptors (Lipinski definition) is 2. The molecule has 0 heterocycles. The lowest BCUT2D eigenvalue weighted by atomic mass is 9.68.